The Morgan fingerprint density at radius 2 is 1.82 bits per heavy atom. The third-order valence-electron chi connectivity index (χ3n) is 5.48. The van der Waals surface area contributed by atoms with E-state index in [4.69, 9.17) is 20.6 Å². The summed E-state index contributed by atoms with van der Waals surface area (Å²) >= 11 is 1.34. The van der Waals surface area contributed by atoms with E-state index in [9.17, 15) is 23.7 Å². The molecule has 0 bridgehead atoms. The maximum absolute atomic E-state index is 11.5. The van der Waals surface area contributed by atoms with E-state index in [1.54, 1.807) is 12.1 Å². The fourth-order valence-corrected chi connectivity index (χ4v) is 5.27. The molecule has 1 saturated heterocycles. The van der Waals surface area contributed by atoms with Crippen LogP contribution in [0.25, 0.3) is 0 Å². The fraction of sp³-hybridized carbons (Fsp3) is 0.364. The highest BCUT2D eigenvalue weighted by Gasteiger charge is 2.27. The van der Waals surface area contributed by atoms with Gasteiger partial charge in [-0.3, -0.25) is 0 Å². The maximum Gasteiger partial charge on any atom is 0.404 e. The summed E-state index contributed by atoms with van der Waals surface area (Å²) in [4.78, 5) is 17.7. The van der Waals surface area contributed by atoms with Gasteiger partial charge in [-0.1, -0.05) is 19.1 Å². The summed E-state index contributed by atoms with van der Waals surface area (Å²) in [5, 5.41) is 25.3. The summed E-state index contributed by atoms with van der Waals surface area (Å²) in [5.74, 6) is 0.943. The van der Waals surface area contributed by atoms with E-state index < -0.39 is 16.1 Å². The number of ether oxygens (including phenoxy) is 1. The minimum atomic E-state index is -3.78. The number of anilines is 1. The van der Waals surface area contributed by atoms with Crippen LogP contribution in [0.4, 0.5) is 10.6 Å². The number of carbonyl (C=O) groups excluding carboxylic acids is 1. The number of primary sulfonamides is 1. The number of nitrogens with two attached hydrogens (primary N) is 2. The number of primary amides is 1. The van der Waals surface area contributed by atoms with Crippen LogP contribution in [0.3, 0.4) is 0 Å². The van der Waals surface area contributed by atoms with E-state index in [-0.39, 0.29) is 11.0 Å². The van der Waals surface area contributed by atoms with Crippen LogP contribution in [0.1, 0.15) is 42.0 Å². The average molecular weight is 501 g/mol. The number of amides is 1. The molecule has 1 fully saturated rings. The first-order valence-electron chi connectivity index (χ1n) is 10.5. The van der Waals surface area contributed by atoms with Crippen LogP contribution in [0, 0.1) is 22.7 Å². The average Bonchev–Trinajstić information content (AvgIpc) is 2.81. The van der Waals surface area contributed by atoms with Crippen molar-refractivity contribution in [2.75, 3.05) is 18.0 Å². The van der Waals surface area contributed by atoms with Gasteiger partial charge in [0.1, 0.15) is 29.1 Å². The van der Waals surface area contributed by atoms with Gasteiger partial charge < -0.3 is 15.4 Å². The molecular formula is C22H24N6O4S2. The lowest BCUT2D eigenvalue weighted by molar-refractivity contribution is 0.0911. The summed E-state index contributed by atoms with van der Waals surface area (Å²) in [7, 11) is -3.78. The van der Waals surface area contributed by atoms with Gasteiger partial charge >= 0.3 is 6.09 Å². The highest BCUT2D eigenvalue weighted by molar-refractivity contribution is 7.98. The molecule has 178 valence electrons. The summed E-state index contributed by atoms with van der Waals surface area (Å²) < 4.78 is 28.0. The third-order valence-corrected chi connectivity index (χ3v) is 7.45. The van der Waals surface area contributed by atoms with Crippen molar-refractivity contribution in [2.45, 2.75) is 48.0 Å². The molecule has 0 saturated carbocycles. The van der Waals surface area contributed by atoms with Gasteiger partial charge in [-0.05, 0) is 29.7 Å². The van der Waals surface area contributed by atoms with Gasteiger partial charge in [-0.25, -0.2) is 23.3 Å². The fourth-order valence-electron chi connectivity index (χ4n) is 3.79. The summed E-state index contributed by atoms with van der Waals surface area (Å²) in [6, 6.07) is 10.6. The van der Waals surface area contributed by atoms with Gasteiger partial charge in [0.15, 0.2) is 0 Å². The molecule has 10 nitrogen and oxygen atoms in total. The number of hydrogen-bond acceptors (Lipinski definition) is 9. The van der Waals surface area contributed by atoms with Gasteiger partial charge in [0.05, 0.1) is 16.0 Å². The molecule has 0 atom stereocenters. The first kappa shape index (κ1) is 25.3. The molecule has 1 aliphatic rings. The number of nitriles is 2. The van der Waals surface area contributed by atoms with Crippen molar-refractivity contribution in [1.29, 1.82) is 10.5 Å². The zero-order valence-corrected chi connectivity index (χ0v) is 20.2. The Kier molecular flexibility index (Phi) is 7.99. The van der Waals surface area contributed by atoms with Crippen molar-refractivity contribution in [3.05, 3.63) is 46.5 Å². The number of aromatic nitrogens is 1. The number of rotatable bonds is 7. The minimum absolute atomic E-state index is 0.0229. The molecule has 0 aliphatic carbocycles. The van der Waals surface area contributed by atoms with E-state index in [1.807, 2.05) is 11.8 Å². The second kappa shape index (κ2) is 10.7. The topological polar surface area (TPSA) is 176 Å². The molecule has 1 aromatic carbocycles. The highest BCUT2D eigenvalue weighted by atomic mass is 32.2. The van der Waals surface area contributed by atoms with Crippen molar-refractivity contribution >= 4 is 33.7 Å². The molecule has 12 heteroatoms. The van der Waals surface area contributed by atoms with E-state index in [1.165, 1.54) is 23.9 Å². The Morgan fingerprint density at radius 3 is 2.32 bits per heavy atom. The van der Waals surface area contributed by atoms with Crippen molar-refractivity contribution in [1.82, 2.24) is 4.98 Å². The quantitative estimate of drug-likeness (QED) is 0.540. The Bertz CT molecular complexity index is 1260. The van der Waals surface area contributed by atoms with Crippen LogP contribution in [-0.4, -0.2) is 38.7 Å². The van der Waals surface area contributed by atoms with E-state index in [2.05, 4.69) is 12.1 Å². The lowest BCUT2D eigenvalue weighted by atomic mass is 10.0. The van der Waals surface area contributed by atoms with Crippen LogP contribution in [0.15, 0.2) is 34.2 Å². The van der Waals surface area contributed by atoms with Crippen molar-refractivity contribution in [3.63, 3.8) is 0 Å². The predicted molar refractivity (Wildman–Crippen MR) is 126 cm³/mol. The van der Waals surface area contributed by atoms with Gasteiger partial charge in [-0.2, -0.15) is 10.5 Å². The van der Waals surface area contributed by atoms with E-state index in [0.29, 0.717) is 65.6 Å². The lowest BCUT2D eigenvalue weighted by Gasteiger charge is -2.33. The number of piperidine rings is 1. The zero-order valence-electron chi connectivity index (χ0n) is 18.5. The van der Waals surface area contributed by atoms with E-state index >= 15 is 0 Å². The van der Waals surface area contributed by atoms with E-state index in [0.717, 1.165) is 5.56 Å². The van der Waals surface area contributed by atoms with Crippen LogP contribution in [0.5, 0.6) is 0 Å². The molecule has 2 heterocycles. The summed E-state index contributed by atoms with van der Waals surface area (Å²) in [5.41, 5.74) is 7.31. The van der Waals surface area contributed by atoms with Crippen molar-refractivity contribution < 1.29 is 17.9 Å². The van der Waals surface area contributed by atoms with Crippen molar-refractivity contribution in [3.8, 4) is 12.1 Å². The van der Waals surface area contributed by atoms with Gasteiger partial charge in [-0.15, -0.1) is 11.8 Å². The molecule has 34 heavy (non-hydrogen) atoms. The summed E-state index contributed by atoms with van der Waals surface area (Å²) in [6.45, 7) is 2.93. The second-order valence-corrected chi connectivity index (χ2v) is 10.2. The van der Waals surface area contributed by atoms with Crippen LogP contribution >= 0.6 is 11.8 Å². The van der Waals surface area contributed by atoms with Crippen LogP contribution in [0.2, 0.25) is 0 Å². The number of nitrogens with zero attached hydrogens (tertiary/aromatic N) is 4. The Balaban J connectivity index is 1.89. The Hall–Kier alpha value is -3.32. The van der Waals surface area contributed by atoms with Gasteiger partial charge in [0, 0.05) is 31.7 Å². The van der Waals surface area contributed by atoms with Gasteiger partial charge in [0.25, 0.3) is 0 Å². The SMILES string of the molecule is CCc1c(C#N)c(SCc2ccc(S(N)(=O)=O)cc2)nc(N2CCC(OC(N)=O)CC2)c1C#N. The van der Waals surface area contributed by atoms with Gasteiger partial charge in [0.2, 0.25) is 10.0 Å². The maximum atomic E-state index is 11.5. The molecule has 1 aliphatic heterocycles. The number of thioether (sulfide) groups is 1. The number of sulfonamides is 1. The molecule has 2 aromatic rings. The number of carbonyl (C=O) groups is 1. The Labute approximate surface area is 202 Å². The summed E-state index contributed by atoms with van der Waals surface area (Å²) in [6.07, 6.45) is 0.499. The normalized spacial score (nSPS) is 14.3. The second-order valence-electron chi connectivity index (χ2n) is 7.65. The molecule has 0 unspecified atom stereocenters. The van der Waals surface area contributed by atoms with Crippen LogP contribution in [-0.2, 0) is 26.9 Å². The standard InChI is InChI=1S/C22H24N6O4S2/c1-2-17-18(11-23)20(28-9-7-15(8-10-28)32-22(25)29)27-21(19(17)12-24)33-13-14-3-5-16(6-4-14)34(26,30)31/h3-6,15H,2,7-10,13H2,1H3,(H2,25,29)(H2,26,30,31). The first-order valence-corrected chi connectivity index (χ1v) is 13.0. The minimum Gasteiger partial charge on any atom is -0.446 e. The largest absolute Gasteiger partial charge is 0.446 e. The molecule has 0 spiro atoms. The molecule has 1 amide bonds. The third kappa shape index (κ3) is 5.78. The number of benzene rings is 1. The molecule has 4 N–H and O–H groups in total. The highest BCUT2D eigenvalue weighted by Crippen LogP contribution is 2.34. The monoisotopic (exact) mass is 500 g/mol. The van der Waals surface area contributed by atoms with Crippen LogP contribution < -0.4 is 15.8 Å². The predicted octanol–water partition coefficient (Wildman–Crippen LogP) is 2.39. The zero-order chi connectivity index (χ0) is 24.9. The number of hydrogen-bond donors (Lipinski definition) is 2. The van der Waals surface area contributed by atoms with Crippen molar-refractivity contribution in [2.24, 2.45) is 10.9 Å². The smallest absolute Gasteiger partial charge is 0.404 e. The Morgan fingerprint density at radius 1 is 1.21 bits per heavy atom. The first-order chi connectivity index (χ1) is 16.2. The number of pyridine rings is 1. The molecule has 3 rings (SSSR count). The lowest BCUT2D eigenvalue weighted by Crippen LogP contribution is -2.39. The molecule has 0 radical (unpaired) electrons. The molecule has 1 aromatic heterocycles. The molecular weight excluding hydrogens is 476 g/mol.